The molecule has 1 aliphatic carbocycles. The van der Waals surface area contributed by atoms with Crippen LogP contribution in [-0.4, -0.2) is 32.0 Å². The van der Waals surface area contributed by atoms with Gasteiger partial charge >= 0.3 is 5.97 Å². The van der Waals surface area contributed by atoms with Crippen molar-refractivity contribution in [2.75, 3.05) is 0 Å². The monoisotopic (exact) mass is 314 g/mol. The molecule has 2 N–H and O–H groups in total. The molecule has 1 unspecified atom stereocenters. The second-order valence-corrected chi connectivity index (χ2v) is 6.40. The summed E-state index contributed by atoms with van der Waals surface area (Å²) in [4.78, 5) is 23.0. The van der Waals surface area contributed by atoms with Crippen LogP contribution in [0.2, 0.25) is 0 Å². The molecule has 0 saturated carbocycles. The Morgan fingerprint density at radius 1 is 1.39 bits per heavy atom. The minimum atomic E-state index is -1.16. The Balaban J connectivity index is 1.70. The first kappa shape index (κ1) is 15.2. The Morgan fingerprint density at radius 3 is 2.83 bits per heavy atom. The molecule has 7 nitrogen and oxygen atoms in total. The van der Waals surface area contributed by atoms with E-state index in [9.17, 15) is 9.59 Å². The van der Waals surface area contributed by atoms with E-state index in [1.165, 1.54) is 16.4 Å². The molecule has 0 saturated heterocycles. The van der Waals surface area contributed by atoms with Crippen LogP contribution in [0.1, 0.15) is 47.9 Å². The van der Waals surface area contributed by atoms with Crippen LogP contribution in [0.25, 0.3) is 0 Å². The normalized spacial score (nSPS) is 18.4. The lowest BCUT2D eigenvalue weighted by Crippen LogP contribution is -2.31. The summed E-state index contributed by atoms with van der Waals surface area (Å²) in [5, 5.41) is 19.0. The molecule has 1 aliphatic rings. The number of amides is 1. The first-order valence-corrected chi connectivity index (χ1v) is 7.39. The SMILES string of the molecule is CC1(C)CC(NC(=O)Cn2cc(C(=O)O)nn2)c2ccccc21. The van der Waals surface area contributed by atoms with Gasteiger partial charge in [-0.2, -0.15) is 0 Å². The number of carbonyl (C=O) groups is 2. The highest BCUT2D eigenvalue weighted by Gasteiger charge is 2.37. The van der Waals surface area contributed by atoms with Crippen LogP contribution in [0.4, 0.5) is 0 Å². The number of rotatable bonds is 4. The average Bonchev–Trinajstić information content (AvgIpc) is 3.03. The van der Waals surface area contributed by atoms with Crippen molar-refractivity contribution in [1.29, 1.82) is 0 Å². The molecule has 1 heterocycles. The molecule has 0 fully saturated rings. The van der Waals surface area contributed by atoms with E-state index in [1.807, 2.05) is 18.2 Å². The molecule has 1 atom stereocenters. The number of carboxylic acids is 1. The highest BCUT2D eigenvalue weighted by Crippen LogP contribution is 2.44. The summed E-state index contributed by atoms with van der Waals surface area (Å²) in [6, 6.07) is 8.06. The fourth-order valence-electron chi connectivity index (χ4n) is 3.14. The summed E-state index contributed by atoms with van der Waals surface area (Å²) >= 11 is 0. The first-order chi connectivity index (χ1) is 10.9. The third kappa shape index (κ3) is 2.94. The number of aromatic carboxylic acids is 1. The molecule has 2 aromatic rings. The van der Waals surface area contributed by atoms with E-state index in [0.29, 0.717) is 0 Å². The van der Waals surface area contributed by atoms with E-state index in [0.717, 1.165) is 12.0 Å². The van der Waals surface area contributed by atoms with Crippen LogP contribution >= 0.6 is 0 Å². The summed E-state index contributed by atoms with van der Waals surface area (Å²) in [6.07, 6.45) is 2.07. The smallest absolute Gasteiger partial charge is 0.358 e. The number of hydrogen-bond donors (Lipinski definition) is 2. The third-order valence-corrected chi connectivity index (χ3v) is 4.18. The summed E-state index contributed by atoms with van der Waals surface area (Å²) in [6.45, 7) is 4.27. The van der Waals surface area contributed by atoms with E-state index in [2.05, 4.69) is 35.5 Å². The van der Waals surface area contributed by atoms with Gasteiger partial charge in [0.25, 0.3) is 0 Å². The van der Waals surface area contributed by atoms with Gasteiger partial charge in [0.2, 0.25) is 5.91 Å². The molecule has 1 aromatic heterocycles. The molecule has 1 aromatic carbocycles. The standard InChI is InChI=1S/C16H18N4O3/c1-16(2)7-12(10-5-3-4-6-11(10)16)17-14(21)9-20-8-13(15(22)23)18-19-20/h3-6,8,12H,7,9H2,1-2H3,(H,17,21)(H,22,23). The molecule has 0 aliphatic heterocycles. The van der Waals surface area contributed by atoms with Gasteiger partial charge in [0.15, 0.2) is 5.69 Å². The molecule has 23 heavy (non-hydrogen) atoms. The van der Waals surface area contributed by atoms with Crippen LogP contribution in [0.3, 0.4) is 0 Å². The van der Waals surface area contributed by atoms with Crippen molar-refractivity contribution in [3.8, 4) is 0 Å². The number of fused-ring (bicyclic) bond motifs is 1. The Morgan fingerprint density at radius 2 is 2.13 bits per heavy atom. The summed E-state index contributed by atoms with van der Waals surface area (Å²) < 4.78 is 1.23. The van der Waals surface area contributed by atoms with Gasteiger partial charge in [-0.15, -0.1) is 5.10 Å². The van der Waals surface area contributed by atoms with E-state index in [-0.39, 0.29) is 29.6 Å². The molecule has 0 bridgehead atoms. The lowest BCUT2D eigenvalue weighted by atomic mass is 9.86. The summed E-state index contributed by atoms with van der Waals surface area (Å²) in [5.74, 6) is -1.38. The fraction of sp³-hybridized carbons (Fsp3) is 0.375. The second kappa shape index (κ2) is 5.49. The number of carbonyl (C=O) groups excluding carboxylic acids is 1. The largest absolute Gasteiger partial charge is 0.476 e. The van der Waals surface area contributed by atoms with Crippen molar-refractivity contribution >= 4 is 11.9 Å². The van der Waals surface area contributed by atoms with Crippen LogP contribution in [-0.2, 0) is 16.8 Å². The quantitative estimate of drug-likeness (QED) is 0.891. The van der Waals surface area contributed by atoms with Crippen molar-refractivity contribution in [1.82, 2.24) is 20.3 Å². The Hall–Kier alpha value is -2.70. The maximum absolute atomic E-state index is 12.2. The third-order valence-electron chi connectivity index (χ3n) is 4.18. The number of nitrogens with one attached hydrogen (secondary N) is 1. The van der Waals surface area contributed by atoms with Gasteiger partial charge in [0.1, 0.15) is 6.54 Å². The Kier molecular flexibility index (Phi) is 3.63. The molecule has 120 valence electrons. The minimum absolute atomic E-state index is 0.0122. The zero-order chi connectivity index (χ0) is 16.6. The second-order valence-electron chi connectivity index (χ2n) is 6.40. The lowest BCUT2D eigenvalue weighted by Gasteiger charge is -2.19. The number of carboxylic acid groups (broad SMARTS) is 1. The summed E-state index contributed by atoms with van der Waals surface area (Å²) in [7, 11) is 0. The number of aromatic nitrogens is 3. The average molecular weight is 314 g/mol. The fourth-order valence-corrected chi connectivity index (χ4v) is 3.14. The predicted octanol–water partition coefficient (Wildman–Crippen LogP) is 1.52. The molecule has 1 amide bonds. The van der Waals surface area contributed by atoms with E-state index >= 15 is 0 Å². The van der Waals surface area contributed by atoms with Gasteiger partial charge in [0, 0.05) is 0 Å². The molecular weight excluding hydrogens is 296 g/mol. The maximum atomic E-state index is 12.2. The van der Waals surface area contributed by atoms with E-state index in [1.54, 1.807) is 0 Å². The van der Waals surface area contributed by atoms with Crippen LogP contribution < -0.4 is 5.32 Å². The zero-order valence-electron chi connectivity index (χ0n) is 13.0. The van der Waals surface area contributed by atoms with Crippen LogP contribution in [0, 0.1) is 0 Å². The van der Waals surface area contributed by atoms with Crippen molar-refractivity contribution in [3.63, 3.8) is 0 Å². The van der Waals surface area contributed by atoms with Gasteiger partial charge in [0.05, 0.1) is 12.2 Å². The van der Waals surface area contributed by atoms with Gasteiger partial charge in [-0.25, -0.2) is 9.48 Å². The molecule has 0 spiro atoms. The maximum Gasteiger partial charge on any atom is 0.358 e. The van der Waals surface area contributed by atoms with Crippen LogP contribution in [0.5, 0.6) is 0 Å². The molecule has 3 rings (SSSR count). The van der Waals surface area contributed by atoms with Crippen molar-refractivity contribution in [2.45, 2.75) is 38.3 Å². The number of nitrogens with zero attached hydrogens (tertiary/aromatic N) is 3. The molecule has 7 heteroatoms. The molecule has 0 radical (unpaired) electrons. The van der Waals surface area contributed by atoms with Crippen molar-refractivity contribution < 1.29 is 14.7 Å². The predicted molar refractivity (Wildman–Crippen MR) is 82.0 cm³/mol. The highest BCUT2D eigenvalue weighted by atomic mass is 16.4. The lowest BCUT2D eigenvalue weighted by molar-refractivity contribution is -0.122. The van der Waals surface area contributed by atoms with E-state index < -0.39 is 5.97 Å². The number of benzene rings is 1. The highest BCUT2D eigenvalue weighted by molar-refractivity contribution is 5.84. The van der Waals surface area contributed by atoms with E-state index in [4.69, 9.17) is 5.11 Å². The Bertz CT molecular complexity index is 766. The minimum Gasteiger partial charge on any atom is -0.476 e. The summed E-state index contributed by atoms with van der Waals surface area (Å²) in [5.41, 5.74) is 2.22. The Labute approximate surface area is 133 Å². The van der Waals surface area contributed by atoms with Gasteiger partial charge in [-0.05, 0) is 23.0 Å². The van der Waals surface area contributed by atoms with Crippen molar-refractivity contribution in [2.24, 2.45) is 0 Å². The topological polar surface area (TPSA) is 97.1 Å². The van der Waals surface area contributed by atoms with Gasteiger partial charge < -0.3 is 10.4 Å². The van der Waals surface area contributed by atoms with Gasteiger partial charge in [-0.3, -0.25) is 4.79 Å². The number of hydrogen-bond acceptors (Lipinski definition) is 4. The first-order valence-electron chi connectivity index (χ1n) is 7.39. The molecular formula is C16H18N4O3. The van der Waals surface area contributed by atoms with Crippen LogP contribution in [0.15, 0.2) is 30.5 Å². The van der Waals surface area contributed by atoms with Crippen molar-refractivity contribution in [3.05, 3.63) is 47.3 Å². The van der Waals surface area contributed by atoms with Gasteiger partial charge in [-0.1, -0.05) is 43.3 Å². The zero-order valence-corrected chi connectivity index (χ0v) is 13.0.